The zero-order chi connectivity index (χ0) is 19.9. The van der Waals surface area contributed by atoms with Crippen molar-refractivity contribution in [3.05, 3.63) is 74.7 Å². The molecule has 6 rings (SSSR count). The number of para-hydroxylation sites is 1. The molecule has 0 fully saturated rings. The molecular formula is C25H22Br2N2. The van der Waals surface area contributed by atoms with Gasteiger partial charge in [0.2, 0.25) is 0 Å². The molecule has 2 aromatic carbocycles. The summed E-state index contributed by atoms with van der Waals surface area (Å²) in [7, 11) is 0. The van der Waals surface area contributed by atoms with Crippen LogP contribution in [0.15, 0.2) is 69.2 Å². The van der Waals surface area contributed by atoms with Crippen LogP contribution in [-0.4, -0.2) is 16.7 Å². The van der Waals surface area contributed by atoms with Crippen molar-refractivity contribution in [1.82, 2.24) is 4.57 Å². The summed E-state index contributed by atoms with van der Waals surface area (Å²) in [5.41, 5.74) is 6.97. The number of anilines is 1. The van der Waals surface area contributed by atoms with E-state index in [9.17, 15) is 0 Å². The maximum atomic E-state index is 3.98. The zero-order valence-electron chi connectivity index (χ0n) is 16.5. The Labute approximate surface area is 187 Å². The molecule has 3 heterocycles. The van der Waals surface area contributed by atoms with Gasteiger partial charge in [-0.05, 0) is 70.2 Å². The Bertz CT molecular complexity index is 1280. The van der Waals surface area contributed by atoms with Crippen molar-refractivity contribution < 1.29 is 0 Å². The molecule has 0 amide bonds. The Morgan fingerprint density at radius 1 is 1.07 bits per heavy atom. The molecule has 2 nitrogen and oxygen atoms in total. The van der Waals surface area contributed by atoms with E-state index in [-0.39, 0.29) is 0 Å². The summed E-state index contributed by atoms with van der Waals surface area (Å²) in [6.07, 6.45) is 13.6. The molecule has 0 N–H and O–H groups in total. The van der Waals surface area contributed by atoms with Gasteiger partial charge >= 0.3 is 0 Å². The van der Waals surface area contributed by atoms with E-state index in [2.05, 4.69) is 110 Å². The van der Waals surface area contributed by atoms with Crippen molar-refractivity contribution >= 4 is 59.4 Å². The molecule has 3 aromatic rings. The molecule has 146 valence electrons. The van der Waals surface area contributed by atoms with Crippen LogP contribution < -0.4 is 4.90 Å². The van der Waals surface area contributed by atoms with Crippen LogP contribution in [0.2, 0.25) is 0 Å². The van der Waals surface area contributed by atoms with Crippen molar-refractivity contribution in [1.29, 1.82) is 0 Å². The van der Waals surface area contributed by atoms with Crippen LogP contribution in [0.4, 0.5) is 5.69 Å². The van der Waals surface area contributed by atoms with Gasteiger partial charge in [-0.2, -0.15) is 0 Å². The van der Waals surface area contributed by atoms with E-state index in [1.807, 2.05) is 0 Å². The van der Waals surface area contributed by atoms with Gasteiger partial charge in [0.05, 0.1) is 23.3 Å². The molecule has 0 saturated carbocycles. The van der Waals surface area contributed by atoms with Crippen molar-refractivity contribution in [2.75, 3.05) is 4.90 Å². The number of benzene rings is 2. The highest BCUT2D eigenvalue weighted by molar-refractivity contribution is 9.13. The molecule has 3 aliphatic rings. The minimum absolute atomic E-state index is 0.324. The normalized spacial score (nSPS) is 27.4. The fraction of sp³-hybridized carbons (Fsp3) is 0.280. The van der Waals surface area contributed by atoms with Gasteiger partial charge in [0.25, 0.3) is 0 Å². The third-order valence-electron chi connectivity index (χ3n) is 6.87. The third kappa shape index (κ3) is 2.33. The largest absolute Gasteiger partial charge is 0.357 e. The van der Waals surface area contributed by atoms with Crippen LogP contribution in [0.25, 0.3) is 21.8 Å². The van der Waals surface area contributed by atoms with Crippen LogP contribution >= 0.6 is 31.9 Å². The number of nitrogens with zero attached hydrogens (tertiary/aromatic N) is 2. The average Bonchev–Trinajstić information content (AvgIpc) is 3.21. The lowest BCUT2D eigenvalue weighted by Crippen LogP contribution is -2.39. The van der Waals surface area contributed by atoms with Gasteiger partial charge in [-0.15, -0.1) is 0 Å². The summed E-state index contributed by atoms with van der Waals surface area (Å²) < 4.78 is 4.99. The summed E-state index contributed by atoms with van der Waals surface area (Å²) in [6, 6.07) is 10.1. The SMILES string of the molecule is CC1=C[C@@H]2CC1n1c3ccccc3c3c(Br)c(Br)c4c(c31)N2C(C)/C=C\C=C/C4. The predicted molar refractivity (Wildman–Crippen MR) is 130 cm³/mol. The molecule has 1 aliphatic carbocycles. The van der Waals surface area contributed by atoms with E-state index >= 15 is 0 Å². The predicted octanol–water partition coefficient (Wildman–Crippen LogP) is 7.46. The second-order valence-corrected chi connectivity index (χ2v) is 10.0. The van der Waals surface area contributed by atoms with Gasteiger partial charge in [0, 0.05) is 31.3 Å². The van der Waals surface area contributed by atoms with Crippen LogP contribution in [0.1, 0.15) is 31.9 Å². The fourth-order valence-electron chi connectivity index (χ4n) is 5.65. The first-order valence-corrected chi connectivity index (χ1v) is 11.9. The summed E-state index contributed by atoms with van der Waals surface area (Å²) in [4.78, 5) is 2.67. The van der Waals surface area contributed by atoms with Gasteiger partial charge in [-0.1, -0.05) is 54.2 Å². The minimum atomic E-state index is 0.324. The molecule has 29 heavy (non-hydrogen) atoms. The number of hydrogen-bond acceptors (Lipinski definition) is 1. The highest BCUT2D eigenvalue weighted by Crippen LogP contribution is 2.53. The third-order valence-corrected chi connectivity index (χ3v) is 9.07. The lowest BCUT2D eigenvalue weighted by atomic mass is 10.0. The summed E-state index contributed by atoms with van der Waals surface area (Å²) in [5.74, 6) is 0. The van der Waals surface area contributed by atoms with Crippen molar-refractivity contribution in [3.63, 3.8) is 0 Å². The van der Waals surface area contributed by atoms with Gasteiger partial charge in [0.15, 0.2) is 0 Å². The van der Waals surface area contributed by atoms with Crippen LogP contribution in [0.5, 0.6) is 0 Å². The maximum absolute atomic E-state index is 3.98. The highest BCUT2D eigenvalue weighted by atomic mass is 79.9. The molecule has 4 heteroatoms. The smallest absolute Gasteiger partial charge is 0.0750 e. The van der Waals surface area contributed by atoms with Crippen molar-refractivity contribution in [3.8, 4) is 0 Å². The standard InChI is InChI=1S/C25H22Br2N2/c1-14-12-16-13-20(14)29-19-11-7-6-9-17(19)21-23(27)22(26)18-10-5-3-4-8-15(2)28(16)24(18)25(21)29/h3-9,11-12,15-16,20H,10,13H2,1-2H3/b5-3-,8-4-/t15?,16-,20?/m1/s1. The van der Waals surface area contributed by atoms with Gasteiger partial charge in [-0.25, -0.2) is 0 Å². The summed E-state index contributed by atoms with van der Waals surface area (Å²) in [6.45, 7) is 4.64. The van der Waals surface area contributed by atoms with E-state index in [0.717, 1.165) is 12.8 Å². The van der Waals surface area contributed by atoms with E-state index in [1.165, 1.54) is 47.6 Å². The number of allylic oxidation sites excluding steroid dienone is 4. The molecule has 0 radical (unpaired) electrons. The fourth-order valence-corrected chi connectivity index (χ4v) is 6.84. The first-order chi connectivity index (χ1) is 14.1. The molecule has 3 atom stereocenters. The lowest BCUT2D eigenvalue weighted by Gasteiger charge is -2.36. The number of aromatic nitrogens is 1. The molecule has 2 aliphatic heterocycles. The highest BCUT2D eigenvalue weighted by Gasteiger charge is 2.40. The van der Waals surface area contributed by atoms with Gasteiger partial charge < -0.3 is 9.47 Å². The van der Waals surface area contributed by atoms with Gasteiger partial charge in [-0.3, -0.25) is 0 Å². The maximum Gasteiger partial charge on any atom is 0.0750 e. The molecule has 2 bridgehead atoms. The minimum Gasteiger partial charge on any atom is -0.357 e. The first kappa shape index (κ1) is 18.0. The molecular weight excluding hydrogens is 488 g/mol. The van der Waals surface area contributed by atoms with E-state index in [0.29, 0.717) is 18.1 Å². The molecule has 2 unspecified atom stereocenters. The molecule has 0 saturated heterocycles. The Morgan fingerprint density at radius 3 is 2.76 bits per heavy atom. The van der Waals surface area contributed by atoms with Crippen LogP contribution in [-0.2, 0) is 6.42 Å². The van der Waals surface area contributed by atoms with E-state index in [4.69, 9.17) is 0 Å². The Hall–Kier alpha value is -1.78. The Kier molecular flexibility index (Phi) is 3.95. The van der Waals surface area contributed by atoms with Crippen molar-refractivity contribution in [2.24, 2.45) is 0 Å². The second-order valence-electron chi connectivity index (χ2n) is 8.46. The second kappa shape index (κ2) is 6.36. The zero-order valence-corrected chi connectivity index (χ0v) is 19.7. The number of halogens is 2. The van der Waals surface area contributed by atoms with Crippen LogP contribution in [0, 0.1) is 0 Å². The first-order valence-electron chi connectivity index (χ1n) is 10.3. The van der Waals surface area contributed by atoms with E-state index in [1.54, 1.807) is 0 Å². The number of hydrogen-bond donors (Lipinski definition) is 0. The summed E-state index contributed by atoms with van der Waals surface area (Å²) >= 11 is 7.96. The number of fused-ring (bicyclic) bond motifs is 7. The molecule has 1 aromatic heterocycles. The average molecular weight is 510 g/mol. The van der Waals surface area contributed by atoms with Crippen molar-refractivity contribution in [2.45, 2.75) is 44.8 Å². The lowest BCUT2D eigenvalue weighted by molar-refractivity contribution is 0.549. The number of rotatable bonds is 0. The topological polar surface area (TPSA) is 8.17 Å². The van der Waals surface area contributed by atoms with Gasteiger partial charge in [0.1, 0.15) is 0 Å². The Balaban J connectivity index is 1.89. The summed E-state index contributed by atoms with van der Waals surface area (Å²) in [5, 5.41) is 2.66. The molecule has 0 spiro atoms. The Morgan fingerprint density at radius 2 is 1.90 bits per heavy atom. The van der Waals surface area contributed by atoms with Crippen LogP contribution in [0.3, 0.4) is 0 Å². The quantitative estimate of drug-likeness (QED) is 0.285. The monoisotopic (exact) mass is 508 g/mol. The van der Waals surface area contributed by atoms with E-state index < -0.39 is 0 Å².